The molecule has 0 radical (unpaired) electrons. The Kier molecular flexibility index (Phi) is 4.62. The standard InChI is InChI=1S/C21H19ClN2O3/c1-26-15-5-3-4-13(8-15)18-11-19-17-9-14(22)10-20(27-2)16(17)6-7-24(19)21(25)12-23-18/h3-5,8-11H,6-7,12H2,1-2H3. The summed E-state index contributed by atoms with van der Waals surface area (Å²) in [7, 11) is 3.26. The summed E-state index contributed by atoms with van der Waals surface area (Å²) in [5.74, 6) is 1.47. The number of nitrogens with zero attached hydrogens (tertiary/aromatic N) is 2. The second-order valence-electron chi connectivity index (χ2n) is 6.39. The van der Waals surface area contributed by atoms with Crippen molar-refractivity contribution in [2.45, 2.75) is 6.42 Å². The molecule has 0 bridgehead atoms. The average Bonchev–Trinajstić information content (AvgIpc) is 2.86. The molecule has 1 amide bonds. The molecule has 0 spiro atoms. The summed E-state index contributed by atoms with van der Waals surface area (Å²) in [5.41, 5.74) is 4.42. The van der Waals surface area contributed by atoms with Crippen LogP contribution in [0.25, 0.3) is 5.70 Å². The molecule has 0 aromatic heterocycles. The van der Waals surface area contributed by atoms with E-state index in [1.807, 2.05) is 42.5 Å². The fourth-order valence-corrected chi connectivity index (χ4v) is 3.76. The van der Waals surface area contributed by atoms with Gasteiger partial charge in [-0.25, -0.2) is 0 Å². The molecule has 0 N–H and O–H groups in total. The van der Waals surface area contributed by atoms with Crippen molar-refractivity contribution in [2.75, 3.05) is 27.3 Å². The molecule has 0 fully saturated rings. The van der Waals surface area contributed by atoms with Gasteiger partial charge in [0.2, 0.25) is 5.91 Å². The third kappa shape index (κ3) is 3.19. The highest BCUT2D eigenvalue weighted by Crippen LogP contribution is 2.38. The van der Waals surface area contributed by atoms with Crippen LogP contribution in [-0.4, -0.2) is 43.8 Å². The Morgan fingerprint density at radius 3 is 2.78 bits per heavy atom. The SMILES string of the molecule is COc1cccc(C2=NCC(=O)N3CCc4c(OC)cc(Cl)cc4C3=C2)c1. The van der Waals surface area contributed by atoms with Gasteiger partial charge in [0.1, 0.15) is 18.0 Å². The Balaban J connectivity index is 1.88. The van der Waals surface area contributed by atoms with E-state index in [0.29, 0.717) is 18.0 Å². The van der Waals surface area contributed by atoms with Gasteiger partial charge in [0, 0.05) is 28.3 Å². The summed E-state index contributed by atoms with van der Waals surface area (Å²) in [5, 5.41) is 0.574. The molecular weight excluding hydrogens is 364 g/mol. The van der Waals surface area contributed by atoms with Gasteiger partial charge in [0.15, 0.2) is 0 Å². The first-order valence-electron chi connectivity index (χ1n) is 8.68. The Hall–Kier alpha value is -2.79. The lowest BCUT2D eigenvalue weighted by Gasteiger charge is -2.31. The lowest BCUT2D eigenvalue weighted by Crippen LogP contribution is -2.35. The molecule has 2 aromatic carbocycles. The molecule has 0 unspecified atom stereocenters. The molecule has 5 nitrogen and oxygen atoms in total. The van der Waals surface area contributed by atoms with Gasteiger partial charge in [0.05, 0.1) is 25.6 Å². The molecule has 0 atom stereocenters. The fraction of sp³-hybridized carbons (Fsp3) is 0.238. The zero-order valence-electron chi connectivity index (χ0n) is 15.2. The minimum atomic E-state index is -0.0243. The van der Waals surface area contributed by atoms with E-state index in [-0.39, 0.29) is 12.5 Å². The van der Waals surface area contributed by atoms with Gasteiger partial charge in [-0.2, -0.15) is 0 Å². The first-order chi connectivity index (χ1) is 13.1. The van der Waals surface area contributed by atoms with Crippen molar-refractivity contribution < 1.29 is 14.3 Å². The van der Waals surface area contributed by atoms with E-state index in [1.54, 1.807) is 19.1 Å². The molecule has 0 saturated carbocycles. The summed E-state index contributed by atoms with van der Waals surface area (Å²) in [4.78, 5) is 19.0. The molecule has 2 aromatic rings. The van der Waals surface area contributed by atoms with Crippen molar-refractivity contribution in [1.29, 1.82) is 0 Å². The number of allylic oxidation sites excluding steroid dienone is 1. The molecule has 0 saturated heterocycles. The summed E-state index contributed by atoms with van der Waals surface area (Å²) in [6, 6.07) is 11.4. The number of hydrogen-bond acceptors (Lipinski definition) is 4. The largest absolute Gasteiger partial charge is 0.497 e. The van der Waals surface area contributed by atoms with Crippen LogP contribution in [0.3, 0.4) is 0 Å². The topological polar surface area (TPSA) is 51.1 Å². The summed E-state index contributed by atoms with van der Waals surface area (Å²) in [6.07, 6.45) is 2.67. The monoisotopic (exact) mass is 382 g/mol. The van der Waals surface area contributed by atoms with E-state index in [1.165, 1.54) is 0 Å². The number of methoxy groups -OCH3 is 2. The maximum absolute atomic E-state index is 12.7. The van der Waals surface area contributed by atoms with Crippen LogP contribution in [-0.2, 0) is 11.2 Å². The molecule has 2 aliphatic rings. The molecule has 27 heavy (non-hydrogen) atoms. The van der Waals surface area contributed by atoms with E-state index in [9.17, 15) is 4.79 Å². The number of ether oxygens (including phenoxy) is 2. The van der Waals surface area contributed by atoms with Crippen LogP contribution in [0.4, 0.5) is 0 Å². The van der Waals surface area contributed by atoms with Crippen LogP contribution in [0, 0.1) is 0 Å². The third-order valence-electron chi connectivity index (χ3n) is 4.87. The molecule has 138 valence electrons. The second kappa shape index (κ2) is 7.08. The molecule has 2 aliphatic heterocycles. The number of hydrogen-bond donors (Lipinski definition) is 0. The van der Waals surface area contributed by atoms with E-state index >= 15 is 0 Å². The minimum absolute atomic E-state index is 0.0243. The van der Waals surface area contributed by atoms with Gasteiger partial charge in [-0.05, 0) is 36.8 Å². The Bertz CT molecular complexity index is 981. The zero-order valence-corrected chi connectivity index (χ0v) is 15.9. The minimum Gasteiger partial charge on any atom is -0.497 e. The number of carbonyl (C=O) groups is 1. The number of rotatable bonds is 3. The van der Waals surface area contributed by atoms with Crippen LogP contribution in [0.2, 0.25) is 5.02 Å². The van der Waals surface area contributed by atoms with Crippen molar-refractivity contribution in [2.24, 2.45) is 4.99 Å². The van der Waals surface area contributed by atoms with Crippen LogP contribution < -0.4 is 9.47 Å². The third-order valence-corrected chi connectivity index (χ3v) is 5.09. The normalized spacial score (nSPS) is 16.0. The predicted octanol–water partition coefficient (Wildman–Crippen LogP) is 3.59. The highest BCUT2D eigenvalue weighted by molar-refractivity contribution is 6.31. The average molecular weight is 383 g/mol. The van der Waals surface area contributed by atoms with E-state index < -0.39 is 0 Å². The number of benzene rings is 2. The van der Waals surface area contributed by atoms with Crippen molar-refractivity contribution in [3.05, 3.63) is 64.2 Å². The van der Waals surface area contributed by atoms with Crippen molar-refractivity contribution in [3.8, 4) is 11.5 Å². The Morgan fingerprint density at radius 1 is 1.15 bits per heavy atom. The van der Waals surface area contributed by atoms with Crippen molar-refractivity contribution in [3.63, 3.8) is 0 Å². The maximum atomic E-state index is 12.7. The van der Waals surface area contributed by atoms with Crippen LogP contribution in [0.15, 0.2) is 47.5 Å². The Morgan fingerprint density at radius 2 is 2.00 bits per heavy atom. The second-order valence-corrected chi connectivity index (χ2v) is 6.83. The van der Waals surface area contributed by atoms with Gasteiger partial charge in [-0.15, -0.1) is 0 Å². The fourth-order valence-electron chi connectivity index (χ4n) is 3.55. The zero-order chi connectivity index (χ0) is 19.0. The smallest absolute Gasteiger partial charge is 0.248 e. The first kappa shape index (κ1) is 17.6. The molecule has 0 aliphatic carbocycles. The molecule has 2 heterocycles. The van der Waals surface area contributed by atoms with Crippen LogP contribution >= 0.6 is 11.6 Å². The summed E-state index contributed by atoms with van der Waals surface area (Å²) >= 11 is 6.30. The van der Waals surface area contributed by atoms with Gasteiger partial charge < -0.3 is 14.4 Å². The highest BCUT2D eigenvalue weighted by Gasteiger charge is 2.30. The van der Waals surface area contributed by atoms with Crippen molar-refractivity contribution in [1.82, 2.24) is 4.90 Å². The first-order valence-corrected chi connectivity index (χ1v) is 9.06. The van der Waals surface area contributed by atoms with Crippen molar-refractivity contribution >= 4 is 28.9 Å². The lowest BCUT2D eigenvalue weighted by molar-refractivity contribution is -0.126. The number of carbonyl (C=O) groups excluding carboxylic acids is 1. The number of aliphatic imine (C=N–C) groups is 1. The van der Waals surface area contributed by atoms with E-state index in [4.69, 9.17) is 21.1 Å². The van der Waals surface area contributed by atoms with Crippen LogP contribution in [0.5, 0.6) is 11.5 Å². The summed E-state index contributed by atoms with van der Waals surface area (Å²) < 4.78 is 10.8. The molecule has 4 rings (SSSR count). The van der Waals surface area contributed by atoms with Gasteiger partial charge in [-0.1, -0.05) is 23.7 Å². The van der Waals surface area contributed by atoms with Gasteiger partial charge in [-0.3, -0.25) is 9.79 Å². The highest BCUT2D eigenvalue weighted by atomic mass is 35.5. The van der Waals surface area contributed by atoms with E-state index in [2.05, 4.69) is 4.99 Å². The predicted molar refractivity (Wildman–Crippen MR) is 106 cm³/mol. The van der Waals surface area contributed by atoms with Gasteiger partial charge in [0.25, 0.3) is 0 Å². The summed E-state index contributed by atoms with van der Waals surface area (Å²) in [6.45, 7) is 0.705. The number of amides is 1. The molecular formula is C21H19ClN2O3. The Labute approximate surface area is 162 Å². The number of halogens is 1. The quantitative estimate of drug-likeness (QED) is 0.815. The van der Waals surface area contributed by atoms with Gasteiger partial charge >= 0.3 is 0 Å². The molecule has 6 heteroatoms. The van der Waals surface area contributed by atoms with E-state index in [0.717, 1.165) is 39.6 Å². The lowest BCUT2D eigenvalue weighted by atomic mass is 9.94. The maximum Gasteiger partial charge on any atom is 0.248 e. The number of fused-ring (bicyclic) bond motifs is 3. The van der Waals surface area contributed by atoms with Crippen LogP contribution in [0.1, 0.15) is 16.7 Å².